The highest BCUT2D eigenvalue weighted by Gasteiger charge is 2.23. The second-order valence-electron chi connectivity index (χ2n) is 20.1. The van der Waals surface area contributed by atoms with Crippen LogP contribution in [0.4, 0.5) is 0 Å². The lowest BCUT2D eigenvalue weighted by Crippen LogP contribution is -2.42. The van der Waals surface area contributed by atoms with Gasteiger partial charge in [0.25, 0.3) is 0 Å². The van der Waals surface area contributed by atoms with Crippen LogP contribution in [0.15, 0.2) is 0 Å². The number of carbonyl (C=O) groups is 3. The minimum absolute atomic E-state index is 0.0191. The Morgan fingerprint density at radius 3 is 1.56 bits per heavy atom. The van der Waals surface area contributed by atoms with Gasteiger partial charge in [-0.1, -0.05) is 169 Å². The topological polar surface area (TPSA) is 118 Å². The van der Waals surface area contributed by atoms with E-state index in [0.29, 0.717) is 57.6 Å². The molecule has 1 amide bonds. The van der Waals surface area contributed by atoms with Crippen molar-refractivity contribution in [1.29, 1.82) is 0 Å². The summed E-state index contributed by atoms with van der Waals surface area (Å²) in [6.45, 7) is 16.3. The Morgan fingerprint density at radius 1 is 0.515 bits per heavy atom. The largest absolute Gasteiger partial charge is 0.465 e. The molecule has 0 bridgehead atoms. The number of aliphatic hydroxyl groups excluding tert-OH is 1. The summed E-state index contributed by atoms with van der Waals surface area (Å²) in [6.07, 6.45) is 39.2. The Bertz CT molecular complexity index is 1060. The van der Waals surface area contributed by atoms with E-state index in [0.717, 1.165) is 116 Å². The second-order valence-corrected chi connectivity index (χ2v) is 20.1. The minimum atomic E-state index is -0.131. The number of esters is 2. The van der Waals surface area contributed by atoms with Crippen molar-refractivity contribution in [2.75, 3.05) is 72.3 Å². The van der Waals surface area contributed by atoms with Crippen molar-refractivity contribution < 1.29 is 33.7 Å². The summed E-state index contributed by atoms with van der Waals surface area (Å²) in [5.74, 6) is 0.581. The van der Waals surface area contributed by atoms with Crippen LogP contribution in [-0.2, 0) is 28.6 Å². The maximum absolute atomic E-state index is 13.0. The van der Waals surface area contributed by atoms with Gasteiger partial charge in [-0.2, -0.15) is 0 Å². The average Bonchev–Trinajstić information content (AvgIpc) is 3.86. The number of aliphatic hydroxyl groups is 1. The Morgan fingerprint density at radius 2 is 0.985 bits per heavy atom. The highest BCUT2D eigenvalue weighted by molar-refractivity contribution is 5.75. The Hall–Kier alpha value is -1.75. The molecule has 0 radical (unpaired) electrons. The highest BCUT2D eigenvalue weighted by Crippen LogP contribution is 2.25. The highest BCUT2D eigenvalue weighted by atomic mass is 16.5. The van der Waals surface area contributed by atoms with Crippen molar-refractivity contribution >= 4 is 17.8 Å². The molecule has 10 heteroatoms. The number of nitrogens with one attached hydrogen (secondary N) is 1. The molecule has 1 aliphatic rings. The van der Waals surface area contributed by atoms with Crippen LogP contribution in [0.5, 0.6) is 0 Å². The predicted molar refractivity (Wildman–Crippen MR) is 276 cm³/mol. The molecule has 1 atom stereocenters. The molecule has 1 aliphatic carbocycles. The van der Waals surface area contributed by atoms with Gasteiger partial charge in [0.05, 0.1) is 33.0 Å². The van der Waals surface area contributed by atoms with Gasteiger partial charge in [-0.25, -0.2) is 0 Å². The molecule has 390 valence electrons. The van der Waals surface area contributed by atoms with Crippen LogP contribution in [0, 0.1) is 11.8 Å². The first kappa shape index (κ1) is 62.3. The second kappa shape index (κ2) is 47.0. The summed E-state index contributed by atoms with van der Waals surface area (Å²) >= 11 is 0. The zero-order chi connectivity index (χ0) is 48.0. The average molecular weight is 937 g/mol. The first-order valence-corrected chi connectivity index (χ1v) is 28.6. The minimum Gasteiger partial charge on any atom is -0.465 e. The van der Waals surface area contributed by atoms with E-state index in [9.17, 15) is 19.5 Å². The van der Waals surface area contributed by atoms with Crippen LogP contribution in [0.2, 0.25) is 0 Å². The summed E-state index contributed by atoms with van der Waals surface area (Å²) < 4.78 is 17.3. The number of hydrogen-bond acceptors (Lipinski definition) is 9. The molecule has 0 aromatic carbocycles. The maximum atomic E-state index is 13.0. The van der Waals surface area contributed by atoms with E-state index in [4.69, 9.17) is 14.2 Å². The first-order chi connectivity index (χ1) is 32.4. The molecule has 0 aliphatic heterocycles. The zero-order valence-electron chi connectivity index (χ0n) is 44.1. The lowest BCUT2D eigenvalue weighted by atomic mass is 9.94. The van der Waals surface area contributed by atoms with E-state index < -0.39 is 0 Å². The van der Waals surface area contributed by atoms with Crippen molar-refractivity contribution in [3.8, 4) is 0 Å². The van der Waals surface area contributed by atoms with Crippen LogP contribution in [0.1, 0.15) is 252 Å². The van der Waals surface area contributed by atoms with Gasteiger partial charge in [0.15, 0.2) is 0 Å². The molecule has 1 fully saturated rings. The van der Waals surface area contributed by atoms with E-state index >= 15 is 0 Å². The van der Waals surface area contributed by atoms with Crippen LogP contribution >= 0.6 is 0 Å². The van der Waals surface area contributed by atoms with E-state index in [1.54, 1.807) is 0 Å². The lowest BCUT2D eigenvalue weighted by molar-refractivity contribution is -0.149. The number of ether oxygens (including phenoxy) is 3. The number of nitrogens with zero attached hydrogens (tertiary/aromatic N) is 2. The van der Waals surface area contributed by atoms with Crippen molar-refractivity contribution in [2.24, 2.45) is 11.8 Å². The van der Waals surface area contributed by atoms with Crippen molar-refractivity contribution in [1.82, 2.24) is 15.1 Å². The van der Waals surface area contributed by atoms with Gasteiger partial charge in [-0.05, 0) is 83.2 Å². The van der Waals surface area contributed by atoms with Gasteiger partial charge in [0.1, 0.15) is 0 Å². The maximum Gasteiger partial charge on any atom is 0.305 e. The first-order valence-electron chi connectivity index (χ1n) is 28.6. The van der Waals surface area contributed by atoms with Crippen LogP contribution in [-0.4, -0.2) is 111 Å². The van der Waals surface area contributed by atoms with E-state index in [2.05, 4.69) is 42.8 Å². The monoisotopic (exact) mass is 936 g/mol. The lowest BCUT2D eigenvalue weighted by Gasteiger charge is -2.32. The zero-order valence-corrected chi connectivity index (χ0v) is 44.1. The number of amides is 1. The van der Waals surface area contributed by atoms with Gasteiger partial charge < -0.3 is 24.6 Å². The van der Waals surface area contributed by atoms with Crippen molar-refractivity contribution in [3.05, 3.63) is 0 Å². The van der Waals surface area contributed by atoms with Gasteiger partial charge in [-0.15, -0.1) is 0 Å². The molecule has 0 spiro atoms. The molecule has 0 aromatic heterocycles. The van der Waals surface area contributed by atoms with Crippen molar-refractivity contribution in [2.45, 2.75) is 258 Å². The third kappa shape index (κ3) is 38.1. The predicted octanol–water partition coefficient (Wildman–Crippen LogP) is 13.1. The molecule has 1 unspecified atom stereocenters. The van der Waals surface area contributed by atoms with E-state index in [1.165, 1.54) is 128 Å². The van der Waals surface area contributed by atoms with E-state index in [1.807, 2.05) is 0 Å². The molecular weight excluding hydrogens is 827 g/mol. The molecule has 0 heterocycles. The van der Waals surface area contributed by atoms with Crippen molar-refractivity contribution in [3.63, 3.8) is 0 Å². The summed E-state index contributed by atoms with van der Waals surface area (Å²) in [5, 5.41) is 12.6. The standard InChI is InChI=1S/C56H109N3O7/c1-5-9-13-17-20-23-33-51(32-22-16-12-8-4)48-57-54(61)37-24-21-30-40-58(44-46-64-47-45-60)42-43-59(53-35-27-28-36-53)41-31-29-34-52(49-65-55(62)38-25-18-14-10-6-2)50-66-56(63)39-26-19-15-11-7-3/h51-53,60H,5-50H2,1-4H3,(H,57,61). The SMILES string of the molecule is CCCCCCCCC(CCCCCC)CNC(=O)CCCCCN(CCOCCO)CCN(CCCCC(COC(=O)CCCCCCC)COC(=O)CCCCCCC)C1CCCC1. The van der Waals surface area contributed by atoms with Gasteiger partial charge in [-0.3, -0.25) is 24.2 Å². The van der Waals surface area contributed by atoms with Crippen LogP contribution in [0.25, 0.3) is 0 Å². The molecule has 10 nitrogen and oxygen atoms in total. The number of hydrogen-bond donors (Lipinski definition) is 2. The molecule has 1 saturated carbocycles. The Balaban J connectivity index is 2.67. The third-order valence-electron chi connectivity index (χ3n) is 14.0. The number of rotatable bonds is 50. The molecule has 2 N–H and O–H groups in total. The Kier molecular flexibility index (Phi) is 44.3. The van der Waals surface area contributed by atoms with Gasteiger partial charge in [0.2, 0.25) is 5.91 Å². The van der Waals surface area contributed by atoms with Gasteiger partial charge in [0, 0.05) is 57.4 Å². The summed E-state index contributed by atoms with van der Waals surface area (Å²) in [7, 11) is 0. The summed E-state index contributed by atoms with van der Waals surface area (Å²) in [4.78, 5) is 43.5. The Labute approximate surface area is 407 Å². The quantitative estimate of drug-likeness (QED) is 0.0454. The smallest absolute Gasteiger partial charge is 0.305 e. The fraction of sp³-hybridized carbons (Fsp3) is 0.946. The fourth-order valence-electron chi connectivity index (χ4n) is 9.55. The molecular formula is C56H109N3O7. The molecule has 66 heavy (non-hydrogen) atoms. The normalized spacial score (nSPS) is 13.6. The summed E-state index contributed by atoms with van der Waals surface area (Å²) in [6, 6.07) is 0.616. The van der Waals surface area contributed by atoms with Gasteiger partial charge >= 0.3 is 11.9 Å². The van der Waals surface area contributed by atoms with Crippen LogP contribution < -0.4 is 5.32 Å². The van der Waals surface area contributed by atoms with E-state index in [-0.39, 0.29) is 30.4 Å². The number of unbranched alkanes of at least 4 members (excludes halogenated alkanes) is 19. The molecule has 0 saturated heterocycles. The molecule has 0 aromatic rings. The fourth-order valence-corrected chi connectivity index (χ4v) is 9.55. The van der Waals surface area contributed by atoms with Crippen LogP contribution in [0.3, 0.4) is 0 Å². The summed E-state index contributed by atoms with van der Waals surface area (Å²) in [5.41, 5.74) is 0. The molecule has 1 rings (SSSR count). The third-order valence-corrected chi connectivity index (χ3v) is 14.0. The number of carbonyl (C=O) groups excluding carboxylic acids is 3.